The molecule has 0 aromatic carbocycles. The third kappa shape index (κ3) is 2.01. The molecule has 3 fully saturated rings. The number of rotatable bonds is 2. The quantitative estimate of drug-likeness (QED) is 0.607. The Morgan fingerprint density at radius 3 is 2.73 bits per heavy atom. The number of allylic oxidation sites excluding steroid dienone is 4. The summed E-state index contributed by atoms with van der Waals surface area (Å²) in [7, 11) is 0. The number of aldehydes is 1. The fraction of sp³-hybridized carbons (Fsp3) is 0.714. The maximum absolute atomic E-state index is 12.0. The van der Waals surface area contributed by atoms with Crippen molar-refractivity contribution in [2.75, 3.05) is 0 Å². The smallest absolute Gasteiger partial charge is 0.178 e. The Balaban J connectivity index is 1.84. The van der Waals surface area contributed by atoms with Crippen molar-refractivity contribution < 1.29 is 14.7 Å². The summed E-state index contributed by atoms with van der Waals surface area (Å²) in [5.74, 6) is 0.650. The molecule has 5 unspecified atom stereocenters. The Morgan fingerprint density at radius 2 is 2.08 bits per heavy atom. The number of hydrogen-bond donors (Lipinski definition) is 1. The van der Waals surface area contributed by atoms with Crippen LogP contribution >= 0.6 is 0 Å². The number of ketones is 1. The van der Waals surface area contributed by atoms with Gasteiger partial charge >= 0.3 is 0 Å². The van der Waals surface area contributed by atoms with E-state index in [4.69, 9.17) is 0 Å². The standard InChI is InChI=1S/C21H27NO4/c1-12-8-14-15-5-7-21(25,11-23)20(15,3)10-17(22-26)18(14)19(2)6-4-13(24)9-16(12)19/h4,6,9,11-12,14-15,17-18,25H,5,7-8,10H2,1-3H3/t12-,14?,15?,17?,18+,19?,20?,21-/m0/s1. The maximum Gasteiger partial charge on any atom is 0.178 e. The van der Waals surface area contributed by atoms with Crippen molar-refractivity contribution in [2.24, 2.45) is 39.7 Å². The summed E-state index contributed by atoms with van der Waals surface area (Å²) < 4.78 is 0. The van der Waals surface area contributed by atoms with E-state index in [1.165, 1.54) is 0 Å². The van der Waals surface area contributed by atoms with Gasteiger partial charge < -0.3 is 9.90 Å². The molecule has 5 nitrogen and oxygen atoms in total. The fourth-order valence-corrected chi connectivity index (χ4v) is 7.08. The molecule has 26 heavy (non-hydrogen) atoms. The Kier molecular flexibility index (Phi) is 3.72. The van der Waals surface area contributed by atoms with Crippen molar-refractivity contribution in [3.63, 3.8) is 0 Å². The van der Waals surface area contributed by atoms with Gasteiger partial charge in [0.15, 0.2) is 12.1 Å². The van der Waals surface area contributed by atoms with Gasteiger partial charge in [0.25, 0.3) is 0 Å². The number of hydrogen-bond acceptors (Lipinski definition) is 5. The first-order valence-corrected chi connectivity index (χ1v) is 9.66. The maximum atomic E-state index is 12.0. The normalized spacial score (nSPS) is 52.5. The molecule has 8 atom stereocenters. The molecular weight excluding hydrogens is 330 g/mol. The highest BCUT2D eigenvalue weighted by Gasteiger charge is 2.67. The topological polar surface area (TPSA) is 83.8 Å². The van der Waals surface area contributed by atoms with E-state index in [-0.39, 0.29) is 34.9 Å². The van der Waals surface area contributed by atoms with Crippen molar-refractivity contribution in [1.82, 2.24) is 0 Å². The zero-order valence-electron chi connectivity index (χ0n) is 15.6. The molecule has 5 heteroatoms. The SMILES string of the molecule is C[C@H]1CC2C3CC[C@](O)(C=O)C3(C)CC(N=O)[C@@H]2C2(C)C=CC(=O)C=C12. The lowest BCUT2D eigenvalue weighted by molar-refractivity contribution is -0.151. The first-order valence-electron chi connectivity index (χ1n) is 9.66. The summed E-state index contributed by atoms with van der Waals surface area (Å²) >= 11 is 0. The molecule has 4 rings (SSSR count). The van der Waals surface area contributed by atoms with Crippen LogP contribution < -0.4 is 0 Å². The Morgan fingerprint density at radius 1 is 1.35 bits per heavy atom. The second kappa shape index (κ2) is 5.44. The van der Waals surface area contributed by atoms with Gasteiger partial charge in [0.1, 0.15) is 5.60 Å². The van der Waals surface area contributed by atoms with Crippen LogP contribution in [0.15, 0.2) is 29.0 Å². The lowest BCUT2D eigenvalue weighted by Crippen LogP contribution is -2.60. The van der Waals surface area contributed by atoms with Gasteiger partial charge in [-0.25, -0.2) is 0 Å². The summed E-state index contributed by atoms with van der Waals surface area (Å²) in [6, 6.07) is -0.468. The number of carbonyl (C=O) groups excluding carboxylic acids is 2. The molecule has 0 aliphatic heterocycles. The zero-order chi connectivity index (χ0) is 18.9. The van der Waals surface area contributed by atoms with E-state index in [9.17, 15) is 19.6 Å². The van der Waals surface area contributed by atoms with Gasteiger partial charge in [-0.2, -0.15) is 4.91 Å². The van der Waals surface area contributed by atoms with E-state index in [0.29, 0.717) is 19.1 Å². The van der Waals surface area contributed by atoms with Gasteiger partial charge in [-0.15, -0.1) is 0 Å². The van der Waals surface area contributed by atoms with Crippen LogP contribution in [-0.4, -0.2) is 28.8 Å². The van der Waals surface area contributed by atoms with Crippen LogP contribution in [0.25, 0.3) is 0 Å². The highest BCUT2D eigenvalue weighted by molar-refractivity contribution is 6.01. The number of carbonyl (C=O) groups is 2. The minimum absolute atomic E-state index is 0.00947. The van der Waals surface area contributed by atoms with Gasteiger partial charge in [0.05, 0.1) is 6.04 Å². The van der Waals surface area contributed by atoms with Crippen LogP contribution in [0.4, 0.5) is 0 Å². The summed E-state index contributed by atoms with van der Waals surface area (Å²) in [5, 5.41) is 14.5. The lowest BCUT2D eigenvalue weighted by Gasteiger charge is -2.60. The third-order valence-corrected chi connectivity index (χ3v) is 8.36. The van der Waals surface area contributed by atoms with Crippen LogP contribution in [0, 0.1) is 39.4 Å². The fourth-order valence-electron chi connectivity index (χ4n) is 7.08. The molecule has 0 bridgehead atoms. The second-order valence-corrected chi connectivity index (χ2v) is 9.43. The van der Waals surface area contributed by atoms with Crippen LogP contribution in [0.3, 0.4) is 0 Å². The number of fused-ring (bicyclic) bond motifs is 5. The molecule has 4 aliphatic rings. The molecule has 140 valence electrons. The van der Waals surface area contributed by atoms with Gasteiger partial charge in [0, 0.05) is 16.7 Å². The number of aliphatic hydroxyl groups is 1. The van der Waals surface area contributed by atoms with Crippen LogP contribution in [-0.2, 0) is 9.59 Å². The van der Waals surface area contributed by atoms with E-state index in [1.54, 1.807) is 12.2 Å². The molecular formula is C21H27NO4. The molecule has 0 radical (unpaired) electrons. The lowest BCUT2D eigenvalue weighted by atomic mass is 9.44. The van der Waals surface area contributed by atoms with Gasteiger partial charge in [0.2, 0.25) is 0 Å². The zero-order valence-corrected chi connectivity index (χ0v) is 15.6. The highest BCUT2D eigenvalue weighted by atomic mass is 16.3. The summed E-state index contributed by atoms with van der Waals surface area (Å²) in [4.78, 5) is 35.6. The number of nitrogens with zero attached hydrogens (tertiary/aromatic N) is 1. The molecule has 1 N–H and O–H groups in total. The van der Waals surface area contributed by atoms with E-state index < -0.39 is 17.1 Å². The molecule has 0 heterocycles. The minimum atomic E-state index is -1.37. The average Bonchev–Trinajstić information content (AvgIpc) is 2.88. The van der Waals surface area contributed by atoms with Crippen molar-refractivity contribution in [1.29, 1.82) is 0 Å². The molecule has 3 saturated carbocycles. The summed E-state index contributed by atoms with van der Waals surface area (Å²) in [6.07, 6.45) is 8.56. The predicted octanol–water partition coefficient (Wildman–Crippen LogP) is 3.22. The first kappa shape index (κ1) is 17.8. The molecule has 0 aromatic rings. The molecule has 0 saturated heterocycles. The molecule has 4 aliphatic carbocycles. The Labute approximate surface area is 153 Å². The van der Waals surface area contributed by atoms with E-state index in [0.717, 1.165) is 18.4 Å². The van der Waals surface area contributed by atoms with E-state index in [1.807, 2.05) is 13.0 Å². The average molecular weight is 357 g/mol. The van der Waals surface area contributed by atoms with Crippen molar-refractivity contribution in [3.8, 4) is 0 Å². The first-order chi connectivity index (χ1) is 12.2. The van der Waals surface area contributed by atoms with Crippen LogP contribution in [0.1, 0.15) is 46.5 Å². The third-order valence-electron chi connectivity index (χ3n) is 8.36. The van der Waals surface area contributed by atoms with Crippen LogP contribution in [0.5, 0.6) is 0 Å². The summed E-state index contributed by atoms with van der Waals surface area (Å²) in [5.41, 5.74) is -1.24. The van der Waals surface area contributed by atoms with Crippen LogP contribution in [0.2, 0.25) is 0 Å². The monoisotopic (exact) mass is 357 g/mol. The van der Waals surface area contributed by atoms with E-state index >= 15 is 0 Å². The molecule has 0 spiro atoms. The number of nitroso groups, excluding NO2 is 1. The van der Waals surface area contributed by atoms with Gasteiger partial charge in [-0.1, -0.05) is 37.6 Å². The van der Waals surface area contributed by atoms with Crippen molar-refractivity contribution >= 4 is 12.1 Å². The van der Waals surface area contributed by atoms with E-state index in [2.05, 4.69) is 19.0 Å². The minimum Gasteiger partial charge on any atom is -0.382 e. The Hall–Kier alpha value is -1.62. The molecule has 0 amide bonds. The summed E-state index contributed by atoms with van der Waals surface area (Å²) in [6.45, 7) is 6.23. The predicted molar refractivity (Wildman–Crippen MR) is 97.1 cm³/mol. The largest absolute Gasteiger partial charge is 0.382 e. The van der Waals surface area contributed by atoms with Gasteiger partial charge in [-0.05, 0) is 55.6 Å². The highest BCUT2D eigenvalue weighted by Crippen LogP contribution is 2.67. The Bertz CT molecular complexity index is 742. The van der Waals surface area contributed by atoms with Crippen molar-refractivity contribution in [2.45, 2.75) is 58.1 Å². The van der Waals surface area contributed by atoms with Crippen molar-refractivity contribution in [3.05, 3.63) is 28.7 Å². The molecule has 0 aromatic heterocycles. The van der Waals surface area contributed by atoms with Gasteiger partial charge in [-0.3, -0.25) is 4.79 Å². The second-order valence-electron chi connectivity index (χ2n) is 9.43.